The fourth-order valence-corrected chi connectivity index (χ4v) is 4.30. The maximum absolute atomic E-state index is 14.3. The molecule has 1 heterocycles. The number of amides is 1. The number of carbonyl (C=O) groups is 1. The topological polar surface area (TPSA) is 53.3 Å². The van der Waals surface area contributed by atoms with Crippen molar-refractivity contribution in [2.45, 2.75) is 71.3 Å². The van der Waals surface area contributed by atoms with Gasteiger partial charge in [-0.3, -0.25) is 4.79 Å². The smallest absolute Gasteiger partial charge is 0.229 e. The van der Waals surface area contributed by atoms with E-state index in [9.17, 15) is 9.18 Å². The van der Waals surface area contributed by atoms with E-state index in [4.69, 9.17) is 9.69 Å². The Hall–Kier alpha value is -1.71. The van der Waals surface area contributed by atoms with Crippen molar-refractivity contribution in [3.8, 4) is 6.07 Å². The Morgan fingerprint density at radius 3 is 2.48 bits per heavy atom. The van der Waals surface area contributed by atoms with Crippen LogP contribution in [0.4, 0.5) is 10.1 Å². The van der Waals surface area contributed by atoms with Crippen LogP contribution in [0.25, 0.3) is 0 Å². The molecule has 0 aliphatic carbocycles. The predicted molar refractivity (Wildman–Crippen MR) is 99.5 cm³/mol. The Morgan fingerprint density at radius 2 is 1.96 bits per heavy atom. The summed E-state index contributed by atoms with van der Waals surface area (Å²) in [6, 6.07) is 4.74. The first-order valence-electron chi connectivity index (χ1n) is 8.60. The number of hydrogen-bond acceptors (Lipinski definition) is 3. The van der Waals surface area contributed by atoms with E-state index in [-0.39, 0.29) is 28.7 Å². The largest absolute Gasteiger partial charge is 0.411 e. The average Bonchev–Trinajstić information content (AvgIpc) is 2.75. The lowest BCUT2D eigenvalue weighted by Gasteiger charge is -2.39. The fourth-order valence-electron chi connectivity index (χ4n) is 2.91. The summed E-state index contributed by atoms with van der Waals surface area (Å²) in [6.07, 6.45) is 0.0980. The minimum absolute atomic E-state index is 0.00498. The van der Waals surface area contributed by atoms with Crippen LogP contribution in [-0.2, 0) is 9.22 Å². The van der Waals surface area contributed by atoms with Gasteiger partial charge in [-0.1, -0.05) is 20.8 Å². The highest BCUT2D eigenvalue weighted by atomic mass is 28.4. The molecule has 0 spiro atoms. The van der Waals surface area contributed by atoms with Crippen molar-refractivity contribution >= 4 is 19.9 Å². The molecular weight excluding hydrogens is 335 g/mol. The second-order valence-electron chi connectivity index (χ2n) is 8.31. The molecular formula is C19H27FN2O2Si. The first kappa shape index (κ1) is 19.6. The van der Waals surface area contributed by atoms with Crippen molar-refractivity contribution in [3.05, 3.63) is 29.1 Å². The molecule has 1 aliphatic rings. The molecule has 0 aromatic heterocycles. The van der Waals surface area contributed by atoms with Crippen LogP contribution in [0.3, 0.4) is 0 Å². The first-order valence-corrected chi connectivity index (χ1v) is 11.5. The monoisotopic (exact) mass is 362 g/mol. The van der Waals surface area contributed by atoms with E-state index >= 15 is 0 Å². The molecule has 1 aromatic rings. The van der Waals surface area contributed by atoms with E-state index in [1.165, 1.54) is 6.07 Å². The van der Waals surface area contributed by atoms with Crippen LogP contribution in [0.2, 0.25) is 18.1 Å². The zero-order chi connectivity index (χ0) is 19.2. The highest BCUT2D eigenvalue weighted by molar-refractivity contribution is 6.74. The SMILES string of the molecule is Cc1c(N2C(=O)CC(O[Si](C)(C)C(C)(C)C)C2C)ccc(C#N)c1F. The average molecular weight is 363 g/mol. The molecule has 0 N–H and O–H groups in total. The number of nitrogens with zero attached hydrogens (tertiary/aromatic N) is 2. The molecule has 2 atom stereocenters. The van der Waals surface area contributed by atoms with Gasteiger partial charge in [0.15, 0.2) is 8.32 Å². The standard InChI is InChI=1S/C19H27FN2O2Si/c1-12-15(9-8-14(11-21)18(12)20)22-13(2)16(10-17(22)23)24-25(6,7)19(3,4)5/h8-9,13,16H,10H2,1-7H3. The first-order chi connectivity index (χ1) is 11.4. The molecule has 1 aromatic carbocycles. The third kappa shape index (κ3) is 3.49. The summed E-state index contributed by atoms with van der Waals surface area (Å²) in [5, 5.41) is 9.02. The van der Waals surface area contributed by atoms with Gasteiger partial charge in [0.2, 0.25) is 5.91 Å². The summed E-state index contributed by atoms with van der Waals surface area (Å²) in [7, 11) is -2.01. The van der Waals surface area contributed by atoms with Crippen LogP contribution in [0.5, 0.6) is 0 Å². The Morgan fingerprint density at radius 1 is 1.36 bits per heavy atom. The van der Waals surface area contributed by atoms with E-state index in [1.807, 2.05) is 13.0 Å². The molecule has 136 valence electrons. The Bertz CT molecular complexity index is 734. The van der Waals surface area contributed by atoms with Gasteiger partial charge < -0.3 is 9.33 Å². The van der Waals surface area contributed by atoms with Crippen molar-refractivity contribution < 1.29 is 13.6 Å². The predicted octanol–water partition coefficient (Wildman–Crippen LogP) is 4.52. The lowest BCUT2D eigenvalue weighted by Crippen LogP contribution is -2.47. The molecule has 0 radical (unpaired) electrons. The van der Waals surface area contributed by atoms with E-state index in [0.29, 0.717) is 17.7 Å². The van der Waals surface area contributed by atoms with Crippen molar-refractivity contribution in [2.75, 3.05) is 4.90 Å². The Balaban J connectivity index is 2.33. The molecule has 1 fully saturated rings. The minimum atomic E-state index is -2.01. The molecule has 25 heavy (non-hydrogen) atoms. The third-order valence-corrected chi connectivity index (χ3v) is 10.1. The van der Waals surface area contributed by atoms with Crippen molar-refractivity contribution in [3.63, 3.8) is 0 Å². The van der Waals surface area contributed by atoms with E-state index in [1.54, 1.807) is 17.9 Å². The van der Waals surface area contributed by atoms with Gasteiger partial charge in [0.1, 0.15) is 11.9 Å². The van der Waals surface area contributed by atoms with Gasteiger partial charge in [0, 0.05) is 11.3 Å². The molecule has 6 heteroatoms. The van der Waals surface area contributed by atoms with Crippen LogP contribution in [-0.4, -0.2) is 26.4 Å². The Labute approximate surface area is 150 Å². The molecule has 2 unspecified atom stereocenters. The Kier molecular flexibility index (Phi) is 5.13. The van der Waals surface area contributed by atoms with Crippen LogP contribution in [0, 0.1) is 24.1 Å². The van der Waals surface area contributed by atoms with Crippen LogP contribution in [0.1, 0.15) is 45.2 Å². The number of carbonyl (C=O) groups excluding carboxylic acids is 1. The van der Waals surface area contributed by atoms with Crippen LogP contribution >= 0.6 is 0 Å². The van der Waals surface area contributed by atoms with Gasteiger partial charge in [-0.05, 0) is 44.1 Å². The third-order valence-electron chi connectivity index (χ3n) is 5.58. The molecule has 0 saturated carbocycles. The van der Waals surface area contributed by atoms with Gasteiger partial charge in [-0.15, -0.1) is 0 Å². The summed E-state index contributed by atoms with van der Waals surface area (Å²) in [5.74, 6) is -0.628. The van der Waals surface area contributed by atoms with Gasteiger partial charge in [-0.2, -0.15) is 5.26 Å². The summed E-state index contributed by atoms with van der Waals surface area (Å²) in [5.41, 5.74) is 0.845. The molecule has 1 amide bonds. The van der Waals surface area contributed by atoms with E-state index in [2.05, 4.69) is 33.9 Å². The number of benzene rings is 1. The molecule has 1 saturated heterocycles. The quantitative estimate of drug-likeness (QED) is 0.743. The highest BCUT2D eigenvalue weighted by Crippen LogP contribution is 2.40. The summed E-state index contributed by atoms with van der Waals surface area (Å²) >= 11 is 0. The van der Waals surface area contributed by atoms with Crippen molar-refractivity contribution in [1.82, 2.24) is 0 Å². The maximum atomic E-state index is 14.3. The number of rotatable bonds is 3. The summed E-state index contributed by atoms with van der Waals surface area (Å²) in [6.45, 7) is 14.4. The van der Waals surface area contributed by atoms with Crippen molar-refractivity contribution in [1.29, 1.82) is 5.26 Å². The summed E-state index contributed by atoms with van der Waals surface area (Å²) in [4.78, 5) is 14.2. The van der Waals surface area contributed by atoms with Gasteiger partial charge in [-0.25, -0.2) is 4.39 Å². The number of nitriles is 1. The fraction of sp³-hybridized carbons (Fsp3) is 0.579. The second-order valence-corrected chi connectivity index (χ2v) is 13.1. The lowest BCUT2D eigenvalue weighted by molar-refractivity contribution is -0.117. The van der Waals surface area contributed by atoms with Gasteiger partial charge in [0.25, 0.3) is 0 Å². The van der Waals surface area contributed by atoms with E-state index in [0.717, 1.165) is 0 Å². The van der Waals surface area contributed by atoms with Gasteiger partial charge in [0.05, 0.1) is 24.1 Å². The molecule has 1 aliphatic heterocycles. The van der Waals surface area contributed by atoms with Gasteiger partial charge >= 0.3 is 0 Å². The molecule has 4 nitrogen and oxygen atoms in total. The summed E-state index contributed by atoms with van der Waals surface area (Å²) < 4.78 is 20.8. The lowest BCUT2D eigenvalue weighted by atomic mass is 10.1. The zero-order valence-electron chi connectivity index (χ0n) is 16.1. The van der Waals surface area contributed by atoms with Crippen molar-refractivity contribution in [2.24, 2.45) is 0 Å². The normalized spacial score (nSPS) is 21.6. The van der Waals surface area contributed by atoms with E-state index < -0.39 is 14.1 Å². The minimum Gasteiger partial charge on any atom is -0.411 e. The number of hydrogen-bond donors (Lipinski definition) is 0. The van der Waals surface area contributed by atoms with Crippen LogP contribution < -0.4 is 4.90 Å². The molecule has 0 bridgehead atoms. The second kappa shape index (κ2) is 6.54. The maximum Gasteiger partial charge on any atom is 0.229 e. The van der Waals surface area contributed by atoms with Crippen LogP contribution in [0.15, 0.2) is 12.1 Å². The molecule has 2 rings (SSSR count). The number of halogens is 1. The number of anilines is 1. The zero-order valence-corrected chi connectivity index (χ0v) is 17.1. The highest BCUT2D eigenvalue weighted by Gasteiger charge is 2.45.